The van der Waals surface area contributed by atoms with E-state index >= 15 is 0 Å². The van der Waals surface area contributed by atoms with Crippen LogP contribution in [0.25, 0.3) is 16.3 Å². The molecule has 25 heavy (non-hydrogen) atoms. The highest BCUT2D eigenvalue weighted by molar-refractivity contribution is 7.22. The first kappa shape index (κ1) is 17.0. The van der Waals surface area contributed by atoms with Gasteiger partial charge in [0.15, 0.2) is 5.13 Å². The van der Waals surface area contributed by atoms with E-state index in [0.29, 0.717) is 15.7 Å². The summed E-state index contributed by atoms with van der Waals surface area (Å²) in [5.74, 6) is 0.206. The van der Waals surface area contributed by atoms with Gasteiger partial charge in [0.05, 0.1) is 17.3 Å². The number of hydrogen-bond donors (Lipinski definition) is 1. The zero-order chi connectivity index (χ0) is 17.8. The van der Waals surface area contributed by atoms with Gasteiger partial charge in [0.1, 0.15) is 17.4 Å². The van der Waals surface area contributed by atoms with Crippen molar-refractivity contribution in [1.29, 1.82) is 5.26 Å². The maximum absolute atomic E-state index is 12.3. The number of nitrogens with one attached hydrogen (secondary N) is 1. The molecule has 1 N–H and O–H groups in total. The largest absolute Gasteiger partial charge is 0.497 e. The molecule has 2 aromatic carbocycles. The molecule has 1 heterocycles. The van der Waals surface area contributed by atoms with Crippen LogP contribution in [0.15, 0.2) is 48.0 Å². The highest BCUT2D eigenvalue weighted by Crippen LogP contribution is 2.29. The molecular weight excluding hydrogens is 358 g/mol. The van der Waals surface area contributed by atoms with Gasteiger partial charge < -0.3 is 4.74 Å². The van der Waals surface area contributed by atoms with Crippen molar-refractivity contribution in [3.63, 3.8) is 0 Å². The van der Waals surface area contributed by atoms with E-state index in [1.165, 1.54) is 17.4 Å². The number of nitriles is 1. The van der Waals surface area contributed by atoms with Crippen LogP contribution in [0.3, 0.4) is 0 Å². The number of rotatable bonds is 4. The zero-order valence-electron chi connectivity index (χ0n) is 13.1. The lowest BCUT2D eigenvalue weighted by Crippen LogP contribution is -2.13. The molecule has 0 radical (unpaired) electrons. The number of nitrogens with zero attached hydrogens (tertiary/aromatic N) is 2. The molecule has 3 aromatic rings. The van der Waals surface area contributed by atoms with Crippen molar-refractivity contribution in [2.24, 2.45) is 0 Å². The van der Waals surface area contributed by atoms with Crippen LogP contribution in [0.4, 0.5) is 5.13 Å². The van der Waals surface area contributed by atoms with Gasteiger partial charge in [-0.25, -0.2) is 4.98 Å². The van der Waals surface area contributed by atoms with E-state index in [2.05, 4.69) is 10.3 Å². The Labute approximate surface area is 153 Å². The molecule has 0 spiro atoms. The maximum Gasteiger partial charge on any atom is 0.268 e. The van der Waals surface area contributed by atoms with Crippen LogP contribution >= 0.6 is 22.9 Å². The van der Waals surface area contributed by atoms with Crippen molar-refractivity contribution >= 4 is 50.3 Å². The number of aromatic nitrogens is 1. The fourth-order valence-electron chi connectivity index (χ4n) is 2.12. The van der Waals surface area contributed by atoms with Crippen LogP contribution in [0.1, 0.15) is 5.56 Å². The fraction of sp³-hybridized carbons (Fsp3) is 0.0556. The Kier molecular flexibility index (Phi) is 4.98. The number of amides is 1. The molecule has 1 amide bonds. The Bertz CT molecular complexity index is 1000. The predicted molar refractivity (Wildman–Crippen MR) is 99.8 cm³/mol. The third-order valence-corrected chi connectivity index (χ3v) is 4.55. The van der Waals surface area contributed by atoms with Gasteiger partial charge in [0, 0.05) is 5.02 Å². The Morgan fingerprint density at radius 3 is 2.76 bits per heavy atom. The summed E-state index contributed by atoms with van der Waals surface area (Å²) < 4.78 is 6.06. The predicted octanol–water partition coefficient (Wildman–Crippen LogP) is 4.50. The molecule has 124 valence electrons. The molecule has 0 fully saturated rings. The topological polar surface area (TPSA) is 75.0 Å². The smallest absolute Gasteiger partial charge is 0.268 e. The summed E-state index contributed by atoms with van der Waals surface area (Å²) in [6.45, 7) is 0. The molecule has 3 rings (SSSR count). The van der Waals surface area contributed by atoms with Crippen LogP contribution in [0, 0.1) is 11.3 Å². The molecular formula is C18H12ClN3O2S. The Balaban J connectivity index is 1.82. The minimum absolute atomic E-state index is 0.0147. The zero-order valence-corrected chi connectivity index (χ0v) is 14.7. The van der Waals surface area contributed by atoms with E-state index in [1.807, 2.05) is 18.2 Å². The second kappa shape index (κ2) is 7.34. The fourth-order valence-corrected chi connectivity index (χ4v) is 3.14. The van der Waals surface area contributed by atoms with Gasteiger partial charge in [-0.05, 0) is 42.0 Å². The number of benzene rings is 2. The van der Waals surface area contributed by atoms with Crippen LogP contribution < -0.4 is 10.1 Å². The molecule has 0 atom stereocenters. The highest BCUT2D eigenvalue weighted by Gasteiger charge is 2.13. The first-order valence-corrected chi connectivity index (χ1v) is 8.42. The average molecular weight is 370 g/mol. The van der Waals surface area contributed by atoms with Gasteiger partial charge >= 0.3 is 0 Å². The first-order chi connectivity index (χ1) is 12.1. The van der Waals surface area contributed by atoms with E-state index in [-0.39, 0.29) is 5.57 Å². The van der Waals surface area contributed by atoms with Crippen molar-refractivity contribution in [3.05, 3.63) is 58.6 Å². The Morgan fingerprint density at radius 2 is 2.08 bits per heavy atom. The molecule has 0 unspecified atom stereocenters. The summed E-state index contributed by atoms with van der Waals surface area (Å²) >= 11 is 7.15. The number of fused-ring (bicyclic) bond motifs is 1. The molecule has 0 saturated carbocycles. The van der Waals surface area contributed by atoms with Crippen LogP contribution in [0.2, 0.25) is 5.02 Å². The van der Waals surface area contributed by atoms with Gasteiger partial charge in [0.25, 0.3) is 5.91 Å². The lowest BCUT2D eigenvalue weighted by molar-refractivity contribution is -0.112. The van der Waals surface area contributed by atoms with Crippen LogP contribution in [-0.4, -0.2) is 18.0 Å². The monoisotopic (exact) mass is 369 g/mol. The number of methoxy groups -OCH3 is 1. The maximum atomic E-state index is 12.3. The van der Waals surface area contributed by atoms with Crippen molar-refractivity contribution in [3.8, 4) is 11.8 Å². The summed E-state index contributed by atoms with van der Waals surface area (Å²) in [5, 5.41) is 12.9. The van der Waals surface area contributed by atoms with E-state index in [4.69, 9.17) is 16.3 Å². The lowest BCUT2D eigenvalue weighted by Gasteiger charge is -2.00. The highest BCUT2D eigenvalue weighted by atomic mass is 35.5. The average Bonchev–Trinajstić information content (AvgIpc) is 3.02. The number of halogens is 1. The summed E-state index contributed by atoms with van der Waals surface area (Å²) in [6.07, 6.45) is 1.50. The minimum atomic E-state index is -0.511. The molecule has 5 nitrogen and oxygen atoms in total. The molecule has 1 aromatic heterocycles. The summed E-state index contributed by atoms with van der Waals surface area (Å²) in [4.78, 5) is 16.7. The van der Waals surface area contributed by atoms with Crippen molar-refractivity contribution < 1.29 is 9.53 Å². The number of carbonyl (C=O) groups excluding carboxylic acids is 1. The number of hydrogen-bond acceptors (Lipinski definition) is 5. The number of anilines is 1. The molecule has 0 aliphatic heterocycles. The van der Waals surface area contributed by atoms with E-state index in [0.717, 1.165) is 16.0 Å². The van der Waals surface area contributed by atoms with E-state index in [9.17, 15) is 10.1 Å². The van der Waals surface area contributed by atoms with Gasteiger partial charge in [-0.1, -0.05) is 35.1 Å². The Hall–Kier alpha value is -2.88. The van der Waals surface area contributed by atoms with Gasteiger partial charge in [-0.15, -0.1) is 0 Å². The SMILES string of the molecule is COc1ccc2nc(NC(=O)/C(C#N)=C/c3ccc(Cl)cc3)sc2c1. The summed E-state index contributed by atoms with van der Waals surface area (Å²) in [7, 11) is 1.59. The third kappa shape index (κ3) is 3.97. The van der Waals surface area contributed by atoms with Crippen LogP contribution in [0.5, 0.6) is 5.75 Å². The molecule has 0 aliphatic rings. The normalized spacial score (nSPS) is 11.2. The van der Waals surface area contributed by atoms with Crippen molar-refractivity contribution in [1.82, 2.24) is 4.98 Å². The Morgan fingerprint density at radius 1 is 1.32 bits per heavy atom. The van der Waals surface area contributed by atoms with E-state index < -0.39 is 5.91 Å². The summed E-state index contributed by atoms with van der Waals surface area (Å²) in [5.41, 5.74) is 1.45. The second-order valence-corrected chi connectivity index (χ2v) is 6.50. The summed E-state index contributed by atoms with van der Waals surface area (Å²) in [6, 6.07) is 14.2. The van der Waals surface area contributed by atoms with Gasteiger partial charge in [-0.2, -0.15) is 5.26 Å². The van der Waals surface area contributed by atoms with Gasteiger partial charge in [-0.3, -0.25) is 10.1 Å². The third-order valence-electron chi connectivity index (χ3n) is 3.36. The van der Waals surface area contributed by atoms with Crippen molar-refractivity contribution in [2.45, 2.75) is 0 Å². The number of thiazole rings is 1. The quantitative estimate of drug-likeness (QED) is 0.542. The number of carbonyl (C=O) groups is 1. The number of ether oxygens (including phenoxy) is 1. The second-order valence-electron chi connectivity index (χ2n) is 5.03. The molecule has 7 heteroatoms. The van der Waals surface area contributed by atoms with Gasteiger partial charge in [0.2, 0.25) is 0 Å². The standard InChI is InChI=1S/C18H12ClN3O2S/c1-24-14-6-7-15-16(9-14)25-18(21-15)22-17(23)12(10-20)8-11-2-4-13(19)5-3-11/h2-9H,1H3,(H,21,22,23)/b12-8+. The minimum Gasteiger partial charge on any atom is -0.497 e. The van der Waals surface area contributed by atoms with E-state index in [1.54, 1.807) is 37.4 Å². The molecule has 0 aliphatic carbocycles. The lowest BCUT2D eigenvalue weighted by atomic mass is 10.1. The van der Waals surface area contributed by atoms with Crippen LogP contribution in [-0.2, 0) is 4.79 Å². The van der Waals surface area contributed by atoms with Crippen molar-refractivity contribution in [2.75, 3.05) is 12.4 Å². The molecule has 0 saturated heterocycles. The molecule has 0 bridgehead atoms. The first-order valence-electron chi connectivity index (χ1n) is 7.22.